The molecule has 156 valence electrons. The first-order valence-corrected chi connectivity index (χ1v) is 10.1. The summed E-state index contributed by atoms with van der Waals surface area (Å²) >= 11 is 12.2. The summed E-state index contributed by atoms with van der Waals surface area (Å²) in [6.45, 7) is 12.4. The lowest BCUT2D eigenvalue weighted by atomic mass is 10.1. The lowest BCUT2D eigenvalue weighted by Crippen LogP contribution is -2.47. The summed E-state index contributed by atoms with van der Waals surface area (Å²) in [5.41, 5.74) is 0.989. The zero-order valence-corrected chi connectivity index (χ0v) is 20.6. The van der Waals surface area contributed by atoms with E-state index in [1.165, 1.54) is 0 Å². The van der Waals surface area contributed by atoms with Crippen LogP contribution in [-0.4, -0.2) is 73.2 Å². The van der Waals surface area contributed by atoms with Crippen molar-refractivity contribution >= 4 is 53.1 Å². The van der Waals surface area contributed by atoms with Crippen molar-refractivity contribution in [1.29, 1.82) is 0 Å². The third-order valence-corrected chi connectivity index (χ3v) is 5.58. The highest BCUT2D eigenvalue weighted by atomic mass is 127. The highest BCUT2D eigenvalue weighted by Gasteiger charge is 2.16. The molecule has 1 aromatic rings. The van der Waals surface area contributed by atoms with Gasteiger partial charge in [-0.2, -0.15) is 0 Å². The summed E-state index contributed by atoms with van der Waals surface area (Å²) in [4.78, 5) is 9.60. The summed E-state index contributed by atoms with van der Waals surface area (Å²) in [6, 6.07) is 1.87. The maximum absolute atomic E-state index is 6.12. The highest BCUT2D eigenvalue weighted by Crippen LogP contribution is 2.25. The van der Waals surface area contributed by atoms with Crippen molar-refractivity contribution in [2.24, 2.45) is 18.0 Å². The lowest BCUT2D eigenvalue weighted by molar-refractivity contribution is 0.139. The van der Waals surface area contributed by atoms with Crippen LogP contribution in [0.5, 0.6) is 0 Å². The first-order chi connectivity index (χ1) is 12.4. The number of aliphatic imine (C=N–C) groups is 1. The monoisotopic (exact) mass is 530 g/mol. The van der Waals surface area contributed by atoms with E-state index in [9.17, 15) is 0 Å². The topological polar surface area (TPSA) is 47.8 Å². The van der Waals surface area contributed by atoms with Gasteiger partial charge < -0.3 is 25.0 Å². The molecule has 2 N–H and O–H groups in total. The third kappa shape index (κ3) is 7.97. The highest BCUT2D eigenvalue weighted by molar-refractivity contribution is 14.0. The zero-order chi connectivity index (χ0) is 19.1. The van der Waals surface area contributed by atoms with Gasteiger partial charge in [0, 0.05) is 58.6 Å². The Kier molecular flexibility index (Phi) is 11.4. The molecule has 27 heavy (non-hydrogen) atoms. The van der Waals surface area contributed by atoms with Crippen LogP contribution in [0.4, 0.5) is 0 Å². The van der Waals surface area contributed by atoms with E-state index in [4.69, 9.17) is 23.2 Å². The number of nitrogens with zero attached hydrogens (tertiary/aromatic N) is 4. The maximum atomic E-state index is 6.12. The second-order valence-corrected chi connectivity index (χ2v) is 7.88. The molecule has 1 fully saturated rings. The van der Waals surface area contributed by atoms with E-state index < -0.39 is 0 Å². The summed E-state index contributed by atoms with van der Waals surface area (Å²) in [6.07, 6.45) is 0. The fourth-order valence-corrected chi connectivity index (χ4v) is 3.46. The van der Waals surface area contributed by atoms with Crippen molar-refractivity contribution in [3.8, 4) is 0 Å². The van der Waals surface area contributed by atoms with Crippen molar-refractivity contribution < 1.29 is 0 Å². The SMILES string of the molecule is CCNC(=NCc1cc(Cl)c(Cl)n1C)NCC(C)CN1CCN(C)CC1.I. The number of aromatic nitrogens is 1. The Hall–Kier alpha value is -0.220. The van der Waals surface area contributed by atoms with Crippen LogP contribution in [0.2, 0.25) is 10.2 Å². The Bertz CT molecular complexity index is 599. The Labute approximate surface area is 190 Å². The Morgan fingerprint density at radius 3 is 2.41 bits per heavy atom. The number of piperazine rings is 1. The van der Waals surface area contributed by atoms with Crippen LogP contribution in [0.1, 0.15) is 19.5 Å². The van der Waals surface area contributed by atoms with E-state index in [0.717, 1.165) is 57.5 Å². The van der Waals surface area contributed by atoms with Crippen LogP contribution in [-0.2, 0) is 13.6 Å². The van der Waals surface area contributed by atoms with Crippen LogP contribution in [0.25, 0.3) is 0 Å². The van der Waals surface area contributed by atoms with Crippen molar-refractivity contribution in [3.05, 3.63) is 21.9 Å². The third-order valence-electron chi connectivity index (χ3n) is 4.74. The van der Waals surface area contributed by atoms with Gasteiger partial charge in [-0.1, -0.05) is 30.1 Å². The van der Waals surface area contributed by atoms with E-state index in [1.807, 2.05) is 17.7 Å². The van der Waals surface area contributed by atoms with Crippen LogP contribution >= 0.6 is 47.2 Å². The van der Waals surface area contributed by atoms with E-state index >= 15 is 0 Å². The number of halogens is 3. The molecule has 1 aliphatic heterocycles. The average Bonchev–Trinajstić information content (AvgIpc) is 2.86. The molecular formula is C18H33Cl2IN6. The number of likely N-dealkylation sites (N-methyl/N-ethyl adjacent to an activating group) is 1. The molecule has 1 saturated heterocycles. The summed E-state index contributed by atoms with van der Waals surface area (Å²) in [7, 11) is 4.09. The van der Waals surface area contributed by atoms with E-state index in [1.54, 1.807) is 0 Å². The minimum Gasteiger partial charge on any atom is -0.357 e. The number of hydrogen-bond donors (Lipinski definition) is 2. The minimum absolute atomic E-state index is 0. The Morgan fingerprint density at radius 1 is 1.19 bits per heavy atom. The van der Waals surface area contributed by atoms with E-state index in [0.29, 0.717) is 22.6 Å². The molecular weight excluding hydrogens is 498 g/mol. The molecule has 0 radical (unpaired) electrons. The molecule has 0 spiro atoms. The molecule has 1 unspecified atom stereocenters. The maximum Gasteiger partial charge on any atom is 0.191 e. The van der Waals surface area contributed by atoms with Crippen LogP contribution in [0, 0.1) is 5.92 Å². The molecule has 0 aromatic carbocycles. The number of nitrogens with one attached hydrogen (secondary N) is 2. The summed E-state index contributed by atoms with van der Waals surface area (Å²) < 4.78 is 1.87. The fraction of sp³-hybridized carbons (Fsp3) is 0.722. The number of rotatable bonds is 7. The largest absolute Gasteiger partial charge is 0.357 e. The van der Waals surface area contributed by atoms with Crippen LogP contribution in [0.15, 0.2) is 11.1 Å². The van der Waals surface area contributed by atoms with Gasteiger partial charge in [-0.3, -0.25) is 0 Å². The van der Waals surface area contributed by atoms with Gasteiger partial charge in [-0.05, 0) is 26.0 Å². The van der Waals surface area contributed by atoms with Gasteiger partial charge in [0.1, 0.15) is 5.15 Å². The second kappa shape index (κ2) is 12.4. The summed E-state index contributed by atoms with van der Waals surface area (Å²) in [5.74, 6) is 1.38. The Morgan fingerprint density at radius 2 is 1.85 bits per heavy atom. The number of guanidine groups is 1. The van der Waals surface area contributed by atoms with Gasteiger partial charge in [0.2, 0.25) is 0 Å². The molecule has 0 saturated carbocycles. The molecule has 1 atom stereocenters. The predicted molar refractivity (Wildman–Crippen MR) is 127 cm³/mol. The van der Waals surface area contributed by atoms with E-state index in [2.05, 4.69) is 46.3 Å². The number of hydrogen-bond acceptors (Lipinski definition) is 3. The molecule has 2 heterocycles. The predicted octanol–water partition coefficient (Wildman–Crippen LogP) is 2.89. The first-order valence-electron chi connectivity index (χ1n) is 9.33. The fourth-order valence-electron chi connectivity index (χ4n) is 3.05. The summed E-state index contributed by atoms with van der Waals surface area (Å²) in [5, 5.41) is 7.88. The van der Waals surface area contributed by atoms with Gasteiger partial charge in [0.05, 0.1) is 11.6 Å². The molecule has 9 heteroatoms. The van der Waals surface area contributed by atoms with Crippen molar-refractivity contribution in [1.82, 2.24) is 25.0 Å². The van der Waals surface area contributed by atoms with Crippen LogP contribution in [0.3, 0.4) is 0 Å². The van der Waals surface area contributed by atoms with Gasteiger partial charge in [-0.15, -0.1) is 24.0 Å². The van der Waals surface area contributed by atoms with Crippen molar-refractivity contribution in [3.63, 3.8) is 0 Å². The standard InChI is InChI=1S/C18H32Cl2N6.HI/c1-5-21-18(23-12-15-10-16(19)17(20)25(15)4)22-11-14(2)13-26-8-6-24(3)7-9-26;/h10,14H,5-9,11-13H2,1-4H3,(H2,21,22,23);1H. The molecule has 1 aromatic heterocycles. The van der Waals surface area contributed by atoms with Crippen molar-refractivity contribution in [2.75, 3.05) is 52.9 Å². The molecule has 0 aliphatic carbocycles. The van der Waals surface area contributed by atoms with Crippen LogP contribution < -0.4 is 10.6 Å². The molecule has 0 bridgehead atoms. The van der Waals surface area contributed by atoms with Crippen molar-refractivity contribution in [2.45, 2.75) is 20.4 Å². The Balaban J connectivity index is 0.00000364. The van der Waals surface area contributed by atoms with Gasteiger partial charge in [-0.25, -0.2) is 4.99 Å². The smallest absolute Gasteiger partial charge is 0.191 e. The molecule has 0 amide bonds. The zero-order valence-electron chi connectivity index (χ0n) is 16.8. The average molecular weight is 531 g/mol. The molecule has 6 nitrogen and oxygen atoms in total. The van der Waals surface area contributed by atoms with Gasteiger partial charge >= 0.3 is 0 Å². The minimum atomic E-state index is 0. The lowest BCUT2D eigenvalue weighted by Gasteiger charge is -2.34. The molecule has 1 aliphatic rings. The molecule has 2 rings (SSSR count). The normalized spacial score (nSPS) is 17.5. The quantitative estimate of drug-likeness (QED) is 0.323. The van der Waals surface area contributed by atoms with Gasteiger partial charge in [0.25, 0.3) is 0 Å². The first kappa shape index (κ1) is 24.8. The van der Waals surface area contributed by atoms with E-state index in [-0.39, 0.29) is 24.0 Å². The van der Waals surface area contributed by atoms with Gasteiger partial charge in [0.15, 0.2) is 5.96 Å². The second-order valence-electron chi connectivity index (χ2n) is 7.12.